The number of hydrogen-bond donors (Lipinski definition) is 1. The van der Waals surface area contributed by atoms with E-state index in [0.717, 1.165) is 4.88 Å². The maximum Gasteiger partial charge on any atom is 0.269 e. The number of hydrogen-bond acceptors (Lipinski definition) is 6. The largest absolute Gasteiger partial charge is 0.345 e. The Bertz CT molecular complexity index is 1260. The Balaban J connectivity index is 1.73. The van der Waals surface area contributed by atoms with E-state index in [1.807, 2.05) is 31.4 Å². The third-order valence-electron chi connectivity index (χ3n) is 5.00. The van der Waals surface area contributed by atoms with Gasteiger partial charge in [-0.25, -0.2) is 9.67 Å². The predicted octanol–water partition coefficient (Wildman–Crippen LogP) is 5.14. The normalized spacial score (nSPS) is 12.3. The summed E-state index contributed by atoms with van der Waals surface area (Å²) in [4.78, 5) is 29.6. The molecule has 1 atom stereocenters. The van der Waals surface area contributed by atoms with Crippen LogP contribution in [0.5, 0.6) is 0 Å². The van der Waals surface area contributed by atoms with Crippen molar-refractivity contribution >= 4 is 34.0 Å². The molecule has 0 radical (unpaired) electrons. The van der Waals surface area contributed by atoms with Gasteiger partial charge in [-0.05, 0) is 43.8 Å². The van der Waals surface area contributed by atoms with Crippen molar-refractivity contribution in [3.63, 3.8) is 0 Å². The highest BCUT2D eigenvalue weighted by Crippen LogP contribution is 2.29. The van der Waals surface area contributed by atoms with Gasteiger partial charge in [0.15, 0.2) is 5.65 Å². The fraction of sp³-hybridized carbons (Fsp3) is 0.227. The Morgan fingerprint density at radius 1 is 1.19 bits per heavy atom. The summed E-state index contributed by atoms with van der Waals surface area (Å²) in [5.74, 6) is -0.285. The molecule has 8 nitrogen and oxygen atoms in total. The van der Waals surface area contributed by atoms with E-state index >= 15 is 0 Å². The lowest BCUT2D eigenvalue weighted by Crippen LogP contribution is -2.27. The number of non-ortho nitro benzene ring substituents is 1. The molecule has 1 N–H and O–H groups in total. The van der Waals surface area contributed by atoms with E-state index < -0.39 is 11.0 Å². The second-order valence-corrected chi connectivity index (χ2v) is 8.45. The van der Waals surface area contributed by atoms with Crippen LogP contribution in [0, 0.1) is 10.1 Å². The summed E-state index contributed by atoms with van der Waals surface area (Å²) in [6, 6.07) is 11.6. The molecule has 4 rings (SSSR count). The Hall–Kier alpha value is -3.59. The Morgan fingerprint density at radius 3 is 2.68 bits per heavy atom. The monoisotopic (exact) mass is 435 g/mol. The van der Waals surface area contributed by atoms with Gasteiger partial charge < -0.3 is 5.32 Å². The number of amides is 1. The number of nitrogens with zero attached hydrogens (tertiary/aromatic N) is 4. The first-order valence-corrected chi connectivity index (χ1v) is 10.7. The highest BCUT2D eigenvalue weighted by Gasteiger charge is 2.21. The molecule has 4 aromatic rings. The van der Waals surface area contributed by atoms with E-state index in [2.05, 4.69) is 10.4 Å². The van der Waals surface area contributed by atoms with Gasteiger partial charge in [0.2, 0.25) is 0 Å². The molecule has 0 aliphatic heterocycles. The molecular formula is C22H21N5O3S. The van der Waals surface area contributed by atoms with Gasteiger partial charge in [-0.15, -0.1) is 11.3 Å². The standard InChI is InChI=1S/C22H21N5O3S/c1-13(2)26-21-18(12-23-26)17(11-19(25-21)20-8-5-9-31-20)22(28)24-14(3)15-6-4-7-16(10-15)27(29)30/h4-14H,1-3H3,(H,24,28). The lowest BCUT2D eigenvalue weighted by atomic mass is 10.1. The summed E-state index contributed by atoms with van der Waals surface area (Å²) in [5, 5.41) is 21.1. The maximum atomic E-state index is 13.3. The van der Waals surface area contributed by atoms with Crippen LogP contribution in [0.2, 0.25) is 0 Å². The lowest BCUT2D eigenvalue weighted by Gasteiger charge is -2.15. The van der Waals surface area contributed by atoms with Crippen LogP contribution in [0.15, 0.2) is 54.0 Å². The van der Waals surface area contributed by atoms with Crippen LogP contribution in [-0.2, 0) is 0 Å². The fourth-order valence-electron chi connectivity index (χ4n) is 3.40. The number of thiophene rings is 1. The number of rotatable bonds is 6. The lowest BCUT2D eigenvalue weighted by molar-refractivity contribution is -0.384. The molecule has 0 aliphatic carbocycles. The molecule has 1 unspecified atom stereocenters. The number of fused-ring (bicyclic) bond motifs is 1. The first-order valence-electron chi connectivity index (χ1n) is 9.82. The number of nitro groups is 1. The van der Waals surface area contributed by atoms with Crippen molar-refractivity contribution in [2.75, 3.05) is 0 Å². The zero-order valence-corrected chi connectivity index (χ0v) is 18.1. The van der Waals surface area contributed by atoms with Crippen molar-refractivity contribution in [3.8, 4) is 10.6 Å². The van der Waals surface area contributed by atoms with Gasteiger partial charge in [0.25, 0.3) is 11.6 Å². The third kappa shape index (κ3) is 4.04. The van der Waals surface area contributed by atoms with E-state index in [4.69, 9.17) is 4.98 Å². The molecular weight excluding hydrogens is 414 g/mol. The smallest absolute Gasteiger partial charge is 0.269 e. The minimum Gasteiger partial charge on any atom is -0.345 e. The van der Waals surface area contributed by atoms with Gasteiger partial charge in [0.05, 0.1) is 38.7 Å². The summed E-state index contributed by atoms with van der Waals surface area (Å²) in [5.41, 5.74) is 2.47. The van der Waals surface area contributed by atoms with Crippen LogP contribution in [-0.4, -0.2) is 25.6 Å². The van der Waals surface area contributed by atoms with Gasteiger partial charge in [-0.1, -0.05) is 18.2 Å². The first kappa shape index (κ1) is 20.7. The predicted molar refractivity (Wildman–Crippen MR) is 120 cm³/mol. The average molecular weight is 436 g/mol. The minimum absolute atomic E-state index is 0.0110. The molecule has 0 saturated carbocycles. The van der Waals surface area contributed by atoms with E-state index in [1.54, 1.807) is 47.3 Å². The molecule has 3 heterocycles. The minimum atomic E-state index is -0.446. The average Bonchev–Trinajstić information content (AvgIpc) is 3.43. The molecule has 1 aromatic carbocycles. The van der Waals surface area contributed by atoms with E-state index in [0.29, 0.717) is 27.9 Å². The van der Waals surface area contributed by atoms with Gasteiger partial charge in [0.1, 0.15) is 0 Å². The number of pyridine rings is 1. The van der Waals surface area contributed by atoms with Crippen molar-refractivity contribution in [1.29, 1.82) is 0 Å². The van der Waals surface area contributed by atoms with Crippen LogP contribution in [0.25, 0.3) is 21.6 Å². The number of benzene rings is 1. The van der Waals surface area contributed by atoms with Gasteiger partial charge in [0, 0.05) is 18.2 Å². The second kappa shape index (κ2) is 8.27. The van der Waals surface area contributed by atoms with Gasteiger partial charge in [-0.3, -0.25) is 14.9 Å². The van der Waals surface area contributed by atoms with E-state index in [-0.39, 0.29) is 17.6 Å². The third-order valence-corrected chi connectivity index (χ3v) is 5.90. The van der Waals surface area contributed by atoms with Crippen LogP contribution in [0.1, 0.15) is 48.8 Å². The summed E-state index contributed by atoms with van der Waals surface area (Å²) in [6.45, 7) is 5.82. The van der Waals surface area contributed by atoms with Crippen molar-refractivity contribution < 1.29 is 9.72 Å². The Morgan fingerprint density at radius 2 is 2.00 bits per heavy atom. The first-order chi connectivity index (χ1) is 14.8. The molecule has 0 saturated heterocycles. The summed E-state index contributed by atoms with van der Waals surface area (Å²) in [6.07, 6.45) is 1.66. The van der Waals surface area contributed by atoms with Gasteiger partial charge in [-0.2, -0.15) is 5.10 Å². The molecule has 158 valence electrons. The fourth-order valence-corrected chi connectivity index (χ4v) is 4.09. The summed E-state index contributed by atoms with van der Waals surface area (Å²) in [7, 11) is 0. The second-order valence-electron chi connectivity index (χ2n) is 7.50. The van der Waals surface area contributed by atoms with Crippen LogP contribution < -0.4 is 5.32 Å². The quantitative estimate of drug-likeness (QED) is 0.334. The maximum absolute atomic E-state index is 13.3. The van der Waals surface area contributed by atoms with Crippen molar-refractivity contribution in [2.24, 2.45) is 0 Å². The molecule has 0 aliphatic rings. The summed E-state index contributed by atoms with van der Waals surface area (Å²) < 4.78 is 1.80. The number of nitrogens with one attached hydrogen (secondary N) is 1. The molecule has 0 spiro atoms. The number of carbonyl (C=O) groups is 1. The molecule has 0 bridgehead atoms. The van der Waals surface area contributed by atoms with Crippen molar-refractivity contribution in [3.05, 3.63) is 75.3 Å². The topological polar surface area (TPSA) is 103 Å². The van der Waals surface area contributed by atoms with Crippen molar-refractivity contribution in [1.82, 2.24) is 20.1 Å². The van der Waals surface area contributed by atoms with Crippen LogP contribution >= 0.6 is 11.3 Å². The SMILES string of the molecule is CC(NC(=O)c1cc(-c2cccs2)nc2c1cnn2C(C)C)c1cccc([N+](=O)[O-])c1. The molecule has 0 fully saturated rings. The Labute approximate surface area is 182 Å². The van der Waals surface area contributed by atoms with Crippen LogP contribution in [0.3, 0.4) is 0 Å². The zero-order valence-electron chi connectivity index (χ0n) is 17.3. The number of nitro benzene ring substituents is 1. The summed E-state index contributed by atoms with van der Waals surface area (Å²) >= 11 is 1.55. The zero-order chi connectivity index (χ0) is 22.1. The molecule has 3 aromatic heterocycles. The molecule has 9 heteroatoms. The van der Waals surface area contributed by atoms with Crippen molar-refractivity contribution in [2.45, 2.75) is 32.9 Å². The number of aromatic nitrogens is 3. The van der Waals surface area contributed by atoms with E-state index in [9.17, 15) is 14.9 Å². The Kier molecular flexibility index (Phi) is 5.51. The van der Waals surface area contributed by atoms with E-state index in [1.165, 1.54) is 12.1 Å². The number of carbonyl (C=O) groups excluding carboxylic acids is 1. The highest BCUT2D eigenvalue weighted by atomic mass is 32.1. The van der Waals surface area contributed by atoms with Gasteiger partial charge >= 0.3 is 0 Å². The van der Waals surface area contributed by atoms with Crippen LogP contribution in [0.4, 0.5) is 5.69 Å². The molecule has 31 heavy (non-hydrogen) atoms. The molecule has 1 amide bonds. The highest BCUT2D eigenvalue weighted by molar-refractivity contribution is 7.13.